The summed E-state index contributed by atoms with van der Waals surface area (Å²) in [5.41, 5.74) is 4.91. The maximum absolute atomic E-state index is 11.4. The Bertz CT molecular complexity index is 162. The minimum atomic E-state index is -0.871. The van der Waals surface area contributed by atoms with Crippen molar-refractivity contribution in [1.29, 1.82) is 0 Å². The van der Waals surface area contributed by atoms with E-state index in [1.54, 1.807) is 6.92 Å². The van der Waals surface area contributed by atoms with Crippen LogP contribution in [0.5, 0.6) is 0 Å². The molecule has 1 atom stereocenters. The predicted octanol–water partition coefficient (Wildman–Crippen LogP) is 1.31. The van der Waals surface area contributed by atoms with Crippen molar-refractivity contribution in [1.82, 2.24) is 0 Å². The highest BCUT2D eigenvalue weighted by molar-refractivity contribution is 5.80. The maximum Gasteiger partial charge on any atom is 0.326 e. The summed E-state index contributed by atoms with van der Waals surface area (Å²) in [6.07, 6.45) is -0.0980. The molecule has 0 amide bonds. The minimum Gasteiger partial charge on any atom is -0.462 e. The Morgan fingerprint density at radius 2 is 1.75 bits per heavy atom. The highest BCUT2D eigenvalue weighted by Gasteiger charge is 2.33. The third-order valence-corrected chi connectivity index (χ3v) is 1.98. The molecule has 0 rings (SSSR count). The monoisotopic (exact) mass is 173 g/mol. The third-order valence-electron chi connectivity index (χ3n) is 1.98. The molecule has 0 aliphatic heterocycles. The molecule has 2 N–H and O–H groups in total. The summed E-state index contributed by atoms with van der Waals surface area (Å²) in [6, 6.07) is 0. The summed E-state index contributed by atoms with van der Waals surface area (Å²) < 4.78 is 5.01. The van der Waals surface area contributed by atoms with Gasteiger partial charge in [-0.2, -0.15) is 0 Å². The molecule has 0 spiro atoms. The second-order valence-corrected chi connectivity index (χ2v) is 3.89. The smallest absolute Gasteiger partial charge is 0.326 e. The first-order valence-corrected chi connectivity index (χ1v) is 4.28. The average molecular weight is 173 g/mol. The summed E-state index contributed by atoms with van der Waals surface area (Å²) in [5.74, 6) is -0.240. The fourth-order valence-electron chi connectivity index (χ4n) is 0.577. The number of rotatable bonds is 3. The number of nitrogens with two attached hydrogens (primary N) is 1. The molecule has 0 heterocycles. The van der Waals surface area contributed by atoms with E-state index in [-0.39, 0.29) is 18.0 Å². The molecule has 0 aliphatic rings. The van der Waals surface area contributed by atoms with E-state index in [0.717, 1.165) is 0 Å². The molecule has 0 bridgehead atoms. The molecule has 0 aromatic heterocycles. The predicted molar refractivity (Wildman–Crippen MR) is 48.7 cm³/mol. The Labute approximate surface area is 74.3 Å². The van der Waals surface area contributed by atoms with Crippen molar-refractivity contribution in [2.24, 2.45) is 11.7 Å². The first kappa shape index (κ1) is 11.4. The van der Waals surface area contributed by atoms with Crippen LogP contribution in [0.1, 0.15) is 34.6 Å². The molecule has 3 heteroatoms. The highest BCUT2D eigenvalue weighted by Crippen LogP contribution is 2.15. The Kier molecular flexibility index (Phi) is 3.71. The van der Waals surface area contributed by atoms with Gasteiger partial charge in [-0.1, -0.05) is 13.8 Å². The van der Waals surface area contributed by atoms with Gasteiger partial charge < -0.3 is 10.5 Å². The van der Waals surface area contributed by atoms with Crippen LogP contribution in [0.2, 0.25) is 0 Å². The van der Waals surface area contributed by atoms with Crippen molar-refractivity contribution in [3.8, 4) is 0 Å². The second kappa shape index (κ2) is 3.90. The van der Waals surface area contributed by atoms with E-state index in [1.807, 2.05) is 27.7 Å². The van der Waals surface area contributed by atoms with Crippen LogP contribution in [0.25, 0.3) is 0 Å². The molecule has 0 radical (unpaired) electrons. The average Bonchev–Trinajstić information content (AvgIpc) is 1.85. The van der Waals surface area contributed by atoms with E-state index in [4.69, 9.17) is 10.5 Å². The van der Waals surface area contributed by atoms with Gasteiger partial charge in [0.25, 0.3) is 0 Å². The largest absolute Gasteiger partial charge is 0.462 e. The lowest BCUT2D eigenvalue weighted by Crippen LogP contribution is -2.51. The van der Waals surface area contributed by atoms with Crippen LogP contribution in [0.4, 0.5) is 0 Å². The molecule has 0 aromatic carbocycles. The topological polar surface area (TPSA) is 52.3 Å². The van der Waals surface area contributed by atoms with Gasteiger partial charge in [-0.05, 0) is 26.7 Å². The Hall–Kier alpha value is -0.570. The Morgan fingerprint density at radius 3 is 2.00 bits per heavy atom. The third kappa shape index (κ3) is 2.81. The zero-order valence-corrected chi connectivity index (χ0v) is 8.55. The van der Waals surface area contributed by atoms with Crippen LogP contribution in [0.15, 0.2) is 0 Å². The first-order valence-electron chi connectivity index (χ1n) is 4.28. The number of esters is 1. The van der Waals surface area contributed by atoms with E-state index >= 15 is 0 Å². The van der Waals surface area contributed by atoms with Gasteiger partial charge in [0.1, 0.15) is 5.54 Å². The lowest BCUT2D eigenvalue weighted by molar-refractivity contribution is -0.155. The zero-order chi connectivity index (χ0) is 9.94. The van der Waals surface area contributed by atoms with Gasteiger partial charge in [0.2, 0.25) is 0 Å². The molecule has 1 unspecified atom stereocenters. The highest BCUT2D eigenvalue weighted by atomic mass is 16.5. The van der Waals surface area contributed by atoms with Crippen molar-refractivity contribution >= 4 is 5.97 Å². The number of carbonyl (C=O) groups excluding carboxylic acids is 1. The minimum absolute atomic E-state index is 0.0868. The van der Waals surface area contributed by atoms with Gasteiger partial charge in [-0.15, -0.1) is 0 Å². The van der Waals surface area contributed by atoms with Crippen molar-refractivity contribution in [2.75, 3.05) is 0 Å². The molecule has 12 heavy (non-hydrogen) atoms. The van der Waals surface area contributed by atoms with Gasteiger partial charge in [0, 0.05) is 0 Å². The molecule has 3 nitrogen and oxygen atoms in total. The van der Waals surface area contributed by atoms with Gasteiger partial charge in [0.05, 0.1) is 6.10 Å². The lowest BCUT2D eigenvalue weighted by Gasteiger charge is -2.27. The fourth-order valence-corrected chi connectivity index (χ4v) is 0.577. The Morgan fingerprint density at radius 1 is 1.33 bits per heavy atom. The summed E-state index contributed by atoms with van der Waals surface area (Å²) in [4.78, 5) is 11.4. The van der Waals surface area contributed by atoms with Crippen LogP contribution in [-0.2, 0) is 9.53 Å². The fraction of sp³-hybridized carbons (Fsp3) is 0.889. The van der Waals surface area contributed by atoms with Crippen molar-refractivity contribution < 1.29 is 9.53 Å². The molecule has 0 saturated heterocycles. The molecule has 72 valence electrons. The van der Waals surface area contributed by atoms with E-state index in [9.17, 15) is 4.79 Å². The summed E-state index contributed by atoms with van der Waals surface area (Å²) in [7, 11) is 0. The van der Waals surface area contributed by atoms with Crippen molar-refractivity contribution in [2.45, 2.75) is 46.3 Å². The normalized spacial score (nSPS) is 16.3. The van der Waals surface area contributed by atoms with Gasteiger partial charge in [-0.25, -0.2) is 0 Å². The van der Waals surface area contributed by atoms with E-state index in [0.29, 0.717) is 0 Å². The van der Waals surface area contributed by atoms with Crippen molar-refractivity contribution in [3.63, 3.8) is 0 Å². The Balaban J connectivity index is 4.26. The number of carbonyl (C=O) groups is 1. The quantitative estimate of drug-likeness (QED) is 0.655. The van der Waals surface area contributed by atoms with E-state index in [2.05, 4.69) is 0 Å². The molecule has 0 fully saturated rings. The van der Waals surface area contributed by atoms with Crippen LogP contribution in [-0.4, -0.2) is 17.6 Å². The SMILES string of the molecule is CC(C)OC(=O)C(C)(N)C(C)C. The molecular formula is C9H19NO2. The number of hydrogen-bond acceptors (Lipinski definition) is 3. The summed E-state index contributed by atoms with van der Waals surface area (Å²) >= 11 is 0. The summed E-state index contributed by atoms with van der Waals surface area (Å²) in [6.45, 7) is 9.13. The number of hydrogen-bond donors (Lipinski definition) is 1. The number of ether oxygens (including phenoxy) is 1. The van der Waals surface area contributed by atoms with E-state index in [1.165, 1.54) is 0 Å². The van der Waals surface area contributed by atoms with Crippen molar-refractivity contribution in [3.05, 3.63) is 0 Å². The van der Waals surface area contributed by atoms with E-state index < -0.39 is 5.54 Å². The van der Waals surface area contributed by atoms with Gasteiger partial charge >= 0.3 is 5.97 Å². The zero-order valence-electron chi connectivity index (χ0n) is 8.55. The molecule has 0 saturated carbocycles. The summed E-state index contributed by atoms with van der Waals surface area (Å²) in [5, 5.41) is 0. The van der Waals surface area contributed by atoms with Gasteiger partial charge in [0.15, 0.2) is 0 Å². The molecule has 0 aromatic rings. The van der Waals surface area contributed by atoms with Crippen LogP contribution in [0.3, 0.4) is 0 Å². The maximum atomic E-state index is 11.4. The van der Waals surface area contributed by atoms with Crippen LogP contribution >= 0.6 is 0 Å². The molecular weight excluding hydrogens is 154 g/mol. The van der Waals surface area contributed by atoms with Crippen LogP contribution in [0, 0.1) is 5.92 Å². The van der Waals surface area contributed by atoms with Crippen LogP contribution < -0.4 is 5.73 Å². The standard InChI is InChI=1S/C9H19NO2/c1-6(2)9(5,10)8(11)12-7(3)4/h6-7H,10H2,1-5H3. The van der Waals surface area contributed by atoms with Gasteiger partial charge in [-0.3, -0.25) is 4.79 Å². The lowest BCUT2D eigenvalue weighted by atomic mass is 9.90. The first-order chi connectivity index (χ1) is 5.28. The molecule has 0 aliphatic carbocycles. The second-order valence-electron chi connectivity index (χ2n) is 3.89.